The van der Waals surface area contributed by atoms with Gasteiger partial charge < -0.3 is 34.4 Å². The number of pyridine rings is 1. The molecule has 9 heterocycles. The number of fused-ring (bicyclic) bond motifs is 3. The minimum absolute atomic E-state index is 0.144. The van der Waals surface area contributed by atoms with Crippen molar-refractivity contribution in [1.29, 1.82) is 0 Å². The molecular formula is C40H44N12O6. The van der Waals surface area contributed by atoms with Crippen LogP contribution in [0.4, 0.5) is 23.2 Å². The van der Waals surface area contributed by atoms with E-state index >= 15 is 0 Å². The zero-order valence-electron chi connectivity index (χ0n) is 31.9. The van der Waals surface area contributed by atoms with Crippen molar-refractivity contribution >= 4 is 63.7 Å². The highest BCUT2D eigenvalue weighted by Crippen LogP contribution is 2.35. The topological polar surface area (TPSA) is 198 Å². The number of piperidine rings is 2. The number of rotatable bonds is 8. The van der Waals surface area contributed by atoms with E-state index < -0.39 is 24.0 Å². The van der Waals surface area contributed by atoms with Crippen molar-refractivity contribution in [3.05, 3.63) is 65.6 Å². The lowest BCUT2D eigenvalue weighted by atomic mass is 9.95. The van der Waals surface area contributed by atoms with E-state index in [0.717, 1.165) is 69.9 Å². The molecule has 18 nitrogen and oxygen atoms in total. The normalized spacial score (nSPS) is 22.1. The molecule has 1 unspecified atom stereocenters. The Morgan fingerprint density at radius 1 is 0.914 bits per heavy atom. The largest absolute Gasteiger partial charge is 0.422 e. The van der Waals surface area contributed by atoms with Gasteiger partial charge in [-0.3, -0.25) is 29.4 Å². The van der Waals surface area contributed by atoms with Gasteiger partial charge in [0.25, 0.3) is 17.8 Å². The van der Waals surface area contributed by atoms with Gasteiger partial charge in [0.05, 0.1) is 11.8 Å². The number of hydrogen-bond acceptors (Lipinski definition) is 14. The third-order valence-electron chi connectivity index (χ3n) is 12.2. The predicted octanol–water partition coefficient (Wildman–Crippen LogP) is 1.89. The Morgan fingerprint density at radius 2 is 1.74 bits per heavy atom. The van der Waals surface area contributed by atoms with Gasteiger partial charge in [-0.25, -0.2) is 14.5 Å². The molecule has 3 N–H and O–H groups in total. The van der Waals surface area contributed by atoms with Crippen LogP contribution in [0.25, 0.3) is 16.9 Å². The molecule has 0 spiro atoms. The van der Waals surface area contributed by atoms with Gasteiger partial charge >= 0.3 is 0 Å². The highest BCUT2D eigenvalue weighted by molar-refractivity contribution is 6.06. The molecule has 0 radical (unpaired) electrons. The standard InChI is InChI=1S/C40H44N12O6/c53-27-9-13-50(23-27)36-30(42-37(55)29-3-5-33-41-10-14-52(33)46-29)20-32-35(44-36)45-40(58-32)49-17-15-47(16-18-49)21-24-7-11-48(12-8-24)26-2-1-25-22-51(39(57)28(25)19-26)31-4-6-34(54)43-38(31)56/h1-3,5,10,14,19-20,24,27,31,53H,4,6-9,11-13,15-18,21-23H2,(H,42,55)(H,43,54,56)/t27-,31?/m0/s1. The van der Waals surface area contributed by atoms with Crippen LogP contribution in [0.15, 0.2) is 53.2 Å². The number of amides is 4. The van der Waals surface area contributed by atoms with Gasteiger partial charge in [0.1, 0.15) is 11.7 Å². The lowest BCUT2D eigenvalue weighted by Gasteiger charge is -2.39. The molecule has 0 aliphatic carbocycles. The second-order valence-corrected chi connectivity index (χ2v) is 15.9. The van der Waals surface area contributed by atoms with Crippen molar-refractivity contribution in [3.8, 4) is 0 Å². The van der Waals surface area contributed by atoms with Crippen molar-refractivity contribution in [1.82, 2.24) is 39.7 Å². The average molecular weight is 789 g/mol. The van der Waals surface area contributed by atoms with E-state index in [0.29, 0.717) is 78.4 Å². The fraction of sp³-hybridized carbons (Fsp3) is 0.450. The number of aromatic nitrogens is 5. The summed E-state index contributed by atoms with van der Waals surface area (Å²) in [4.78, 5) is 75.2. The lowest BCUT2D eigenvalue weighted by molar-refractivity contribution is -0.136. The number of carbonyl (C=O) groups excluding carboxylic acids is 4. The highest BCUT2D eigenvalue weighted by atomic mass is 16.4. The molecule has 58 heavy (non-hydrogen) atoms. The van der Waals surface area contributed by atoms with Gasteiger partial charge in [0.15, 0.2) is 17.0 Å². The Bertz CT molecular complexity index is 2430. The Kier molecular flexibility index (Phi) is 9.16. The number of aliphatic hydroxyl groups is 1. The SMILES string of the molecule is O=C1CCC(N2Cc3ccc(N4CCC(CN5CCN(c6nc7nc(N8CC[C@H](O)C8)c(NC(=O)c8ccc9nccn9n8)cc7o6)CC5)CC4)cc3C2=O)C(=O)N1. The first kappa shape index (κ1) is 36.2. The number of carbonyl (C=O) groups is 4. The summed E-state index contributed by atoms with van der Waals surface area (Å²) >= 11 is 0. The summed E-state index contributed by atoms with van der Waals surface area (Å²) < 4.78 is 7.81. The number of hydrogen-bond donors (Lipinski definition) is 3. The maximum absolute atomic E-state index is 13.4. The summed E-state index contributed by atoms with van der Waals surface area (Å²) in [5.74, 6) is -0.142. The Balaban J connectivity index is 0.752. The molecule has 18 heteroatoms. The molecule has 0 saturated carbocycles. The van der Waals surface area contributed by atoms with Crippen LogP contribution in [0.3, 0.4) is 0 Å². The van der Waals surface area contributed by atoms with Crippen LogP contribution in [-0.4, -0.2) is 134 Å². The number of benzene rings is 1. The number of β-amino-alcohol motifs (C(OH)–C–C–N with tert-alkyl or cyclic N) is 1. The van der Waals surface area contributed by atoms with Crippen molar-refractivity contribution in [2.45, 2.75) is 50.8 Å². The van der Waals surface area contributed by atoms with E-state index in [-0.39, 0.29) is 23.9 Å². The van der Waals surface area contributed by atoms with E-state index in [1.54, 1.807) is 40.0 Å². The van der Waals surface area contributed by atoms with Crippen LogP contribution < -0.4 is 25.3 Å². The first-order valence-corrected chi connectivity index (χ1v) is 20.1. The second kappa shape index (κ2) is 14.7. The highest BCUT2D eigenvalue weighted by Gasteiger charge is 2.39. The quantitative estimate of drug-likeness (QED) is 0.193. The summed E-state index contributed by atoms with van der Waals surface area (Å²) in [6.07, 6.45) is 6.12. The summed E-state index contributed by atoms with van der Waals surface area (Å²) in [6, 6.07) is 11.0. The third kappa shape index (κ3) is 6.85. The van der Waals surface area contributed by atoms with E-state index in [1.165, 1.54) is 0 Å². The number of nitrogens with zero attached hydrogens (tertiary/aromatic N) is 10. The number of anilines is 4. The summed E-state index contributed by atoms with van der Waals surface area (Å²) in [5, 5.41) is 20.0. The molecule has 2 atom stereocenters. The fourth-order valence-electron chi connectivity index (χ4n) is 8.97. The van der Waals surface area contributed by atoms with Crippen LogP contribution in [-0.2, 0) is 16.1 Å². The van der Waals surface area contributed by atoms with Crippen molar-refractivity contribution in [2.24, 2.45) is 5.92 Å². The molecule has 0 bridgehead atoms. The predicted molar refractivity (Wildman–Crippen MR) is 212 cm³/mol. The number of oxazole rings is 1. The minimum atomic E-state index is -0.613. The smallest absolute Gasteiger partial charge is 0.300 e. The molecule has 4 aromatic heterocycles. The van der Waals surface area contributed by atoms with Crippen molar-refractivity contribution in [3.63, 3.8) is 0 Å². The van der Waals surface area contributed by atoms with Crippen LogP contribution in [0.5, 0.6) is 0 Å². The first-order chi connectivity index (χ1) is 28.2. The molecule has 5 aromatic rings. The van der Waals surface area contributed by atoms with Gasteiger partial charge in [0, 0.05) is 102 Å². The Morgan fingerprint density at radius 3 is 2.53 bits per heavy atom. The van der Waals surface area contributed by atoms with Crippen molar-refractivity contribution in [2.75, 3.05) is 78.9 Å². The summed E-state index contributed by atoms with van der Waals surface area (Å²) in [6.45, 7) is 7.44. The lowest BCUT2D eigenvalue weighted by Crippen LogP contribution is -2.52. The molecular weight excluding hydrogens is 745 g/mol. The number of nitrogens with one attached hydrogen (secondary N) is 2. The van der Waals surface area contributed by atoms with E-state index in [4.69, 9.17) is 14.4 Å². The molecule has 4 amide bonds. The van der Waals surface area contributed by atoms with Gasteiger partial charge in [0.2, 0.25) is 17.5 Å². The Hall–Kier alpha value is -6.14. The van der Waals surface area contributed by atoms with Gasteiger partial charge in [-0.1, -0.05) is 6.07 Å². The number of imide groups is 1. The number of aliphatic hydroxyl groups excluding tert-OH is 1. The maximum atomic E-state index is 13.4. The van der Waals surface area contributed by atoms with E-state index in [2.05, 4.69) is 41.5 Å². The molecule has 5 aliphatic heterocycles. The van der Waals surface area contributed by atoms with Crippen LogP contribution in [0.2, 0.25) is 0 Å². The van der Waals surface area contributed by atoms with Gasteiger partial charge in [-0.2, -0.15) is 10.1 Å². The second-order valence-electron chi connectivity index (χ2n) is 15.9. The molecule has 10 rings (SSSR count). The molecule has 300 valence electrons. The molecule has 4 saturated heterocycles. The average Bonchev–Trinajstić information content (AvgIpc) is 4.04. The molecule has 1 aromatic carbocycles. The monoisotopic (exact) mass is 788 g/mol. The number of piperazine rings is 1. The summed E-state index contributed by atoms with van der Waals surface area (Å²) in [5.41, 5.74) is 4.81. The third-order valence-corrected chi connectivity index (χ3v) is 12.2. The van der Waals surface area contributed by atoms with Crippen molar-refractivity contribution < 1.29 is 28.7 Å². The molecule has 4 fully saturated rings. The van der Waals surface area contributed by atoms with Crippen LogP contribution >= 0.6 is 0 Å². The number of imidazole rings is 1. The maximum Gasteiger partial charge on any atom is 0.300 e. The minimum Gasteiger partial charge on any atom is -0.422 e. The zero-order chi connectivity index (χ0) is 39.5. The van der Waals surface area contributed by atoms with Gasteiger partial charge in [-0.05, 0) is 61.4 Å². The Labute approximate surface area is 332 Å². The molecule has 5 aliphatic rings. The van der Waals surface area contributed by atoms with E-state index in [1.807, 2.05) is 17.0 Å². The summed E-state index contributed by atoms with van der Waals surface area (Å²) in [7, 11) is 0. The van der Waals surface area contributed by atoms with Crippen LogP contribution in [0.1, 0.15) is 58.5 Å². The fourth-order valence-corrected chi connectivity index (χ4v) is 8.97. The first-order valence-electron chi connectivity index (χ1n) is 20.1. The van der Waals surface area contributed by atoms with E-state index in [9.17, 15) is 24.3 Å². The van der Waals surface area contributed by atoms with Gasteiger partial charge in [-0.15, -0.1) is 0 Å². The van der Waals surface area contributed by atoms with Crippen LogP contribution in [0, 0.1) is 5.92 Å². The zero-order valence-corrected chi connectivity index (χ0v) is 31.9.